The molecule has 8 nitrogen and oxygen atoms in total. The summed E-state index contributed by atoms with van der Waals surface area (Å²) in [5.41, 5.74) is 2.11. The summed E-state index contributed by atoms with van der Waals surface area (Å²) >= 11 is 0. The molecule has 0 spiro atoms. The number of anilines is 1. The van der Waals surface area contributed by atoms with Gasteiger partial charge in [0.1, 0.15) is 13.2 Å². The molecule has 0 bridgehead atoms. The summed E-state index contributed by atoms with van der Waals surface area (Å²) in [6, 6.07) is 13.1. The van der Waals surface area contributed by atoms with Crippen LogP contribution in [0.1, 0.15) is 36.6 Å². The van der Waals surface area contributed by atoms with E-state index in [1.165, 1.54) is 23.1 Å². The monoisotopic (exact) mass is 415 g/mol. The van der Waals surface area contributed by atoms with Crippen molar-refractivity contribution in [3.63, 3.8) is 0 Å². The molecule has 154 valence electrons. The van der Waals surface area contributed by atoms with Crippen molar-refractivity contribution in [2.45, 2.75) is 6.54 Å². The van der Waals surface area contributed by atoms with Gasteiger partial charge in [0.15, 0.2) is 11.5 Å². The predicted molar refractivity (Wildman–Crippen MR) is 110 cm³/mol. The Hall–Kier alpha value is -4.20. The molecule has 3 heterocycles. The molecule has 2 aliphatic rings. The maximum absolute atomic E-state index is 12.8. The van der Waals surface area contributed by atoms with Gasteiger partial charge in [-0.05, 0) is 48.0 Å². The van der Waals surface area contributed by atoms with E-state index in [2.05, 4.69) is 10.3 Å². The summed E-state index contributed by atoms with van der Waals surface area (Å²) in [7, 11) is 0. The molecule has 0 fully saturated rings. The summed E-state index contributed by atoms with van der Waals surface area (Å²) in [6.07, 6.45) is 3.21. The first-order valence-corrected chi connectivity index (χ1v) is 9.70. The highest BCUT2D eigenvalue weighted by molar-refractivity contribution is 6.22. The highest BCUT2D eigenvalue weighted by Gasteiger charge is 2.36. The number of hydrogen-bond donors (Lipinski definition) is 1. The SMILES string of the molecule is O=C(Nc1ccc2c(c1)OCCO2)c1ccc2c(c1)C(=O)N(Cc1ccncc1)C2=O. The summed E-state index contributed by atoms with van der Waals surface area (Å²) in [5.74, 6) is -0.0144. The molecule has 3 aromatic rings. The van der Waals surface area contributed by atoms with Crippen molar-refractivity contribution in [2.24, 2.45) is 0 Å². The van der Waals surface area contributed by atoms with Crippen molar-refractivity contribution >= 4 is 23.4 Å². The molecular weight excluding hydrogens is 398 g/mol. The fourth-order valence-corrected chi connectivity index (χ4v) is 3.57. The topological polar surface area (TPSA) is 97.8 Å². The largest absolute Gasteiger partial charge is 0.486 e. The van der Waals surface area contributed by atoms with Gasteiger partial charge in [-0.25, -0.2) is 0 Å². The average Bonchev–Trinajstić information content (AvgIpc) is 3.04. The molecular formula is C23H17N3O5. The third kappa shape index (κ3) is 3.48. The zero-order valence-corrected chi connectivity index (χ0v) is 16.3. The first-order chi connectivity index (χ1) is 15.1. The Morgan fingerprint density at radius 1 is 0.903 bits per heavy atom. The third-order valence-electron chi connectivity index (χ3n) is 5.12. The van der Waals surface area contributed by atoms with Crippen LogP contribution in [-0.2, 0) is 6.54 Å². The second-order valence-electron chi connectivity index (χ2n) is 7.12. The quantitative estimate of drug-likeness (QED) is 0.658. The normalized spacial score (nSPS) is 14.4. The molecule has 31 heavy (non-hydrogen) atoms. The molecule has 5 rings (SSSR count). The number of rotatable bonds is 4. The Morgan fingerprint density at radius 2 is 1.65 bits per heavy atom. The zero-order valence-electron chi connectivity index (χ0n) is 16.3. The van der Waals surface area contributed by atoms with E-state index in [9.17, 15) is 14.4 Å². The van der Waals surface area contributed by atoms with Crippen molar-refractivity contribution in [3.8, 4) is 11.5 Å². The predicted octanol–water partition coefficient (Wildman–Crippen LogP) is 2.90. The molecule has 0 saturated carbocycles. The maximum Gasteiger partial charge on any atom is 0.261 e. The van der Waals surface area contributed by atoms with Gasteiger partial charge in [-0.15, -0.1) is 0 Å². The smallest absolute Gasteiger partial charge is 0.261 e. The van der Waals surface area contributed by atoms with Crippen LogP contribution in [0, 0.1) is 0 Å². The van der Waals surface area contributed by atoms with E-state index in [-0.39, 0.29) is 29.1 Å². The third-order valence-corrected chi connectivity index (χ3v) is 5.12. The van der Waals surface area contributed by atoms with Gasteiger partial charge in [-0.2, -0.15) is 0 Å². The molecule has 0 aliphatic carbocycles. The van der Waals surface area contributed by atoms with Crippen molar-refractivity contribution in [2.75, 3.05) is 18.5 Å². The Morgan fingerprint density at radius 3 is 2.45 bits per heavy atom. The number of benzene rings is 2. The van der Waals surface area contributed by atoms with Gasteiger partial charge in [0, 0.05) is 29.7 Å². The van der Waals surface area contributed by atoms with Gasteiger partial charge in [-0.1, -0.05) is 0 Å². The van der Waals surface area contributed by atoms with Crippen LogP contribution >= 0.6 is 0 Å². The first kappa shape index (κ1) is 18.8. The summed E-state index contributed by atoms with van der Waals surface area (Å²) in [5, 5.41) is 2.79. The van der Waals surface area contributed by atoms with Crippen LogP contribution in [-0.4, -0.2) is 40.8 Å². The first-order valence-electron chi connectivity index (χ1n) is 9.70. The molecule has 3 amide bonds. The molecule has 1 aromatic heterocycles. The van der Waals surface area contributed by atoms with E-state index in [4.69, 9.17) is 9.47 Å². The van der Waals surface area contributed by atoms with Gasteiger partial charge in [0.2, 0.25) is 0 Å². The summed E-state index contributed by atoms with van der Waals surface area (Å²) in [6.45, 7) is 1.08. The van der Waals surface area contributed by atoms with Gasteiger partial charge in [-0.3, -0.25) is 24.3 Å². The standard InChI is InChI=1S/C23H17N3O5/c27-21(25-16-2-4-19-20(12-16)31-10-9-30-19)15-1-3-17-18(11-15)23(29)26(22(17)28)13-14-5-7-24-8-6-14/h1-8,11-12H,9-10,13H2,(H,25,27). The Bertz CT molecular complexity index is 1210. The Labute approximate surface area is 177 Å². The Kier molecular flexibility index (Phi) is 4.59. The Balaban J connectivity index is 1.36. The molecule has 0 atom stereocenters. The van der Waals surface area contributed by atoms with Gasteiger partial charge < -0.3 is 14.8 Å². The van der Waals surface area contributed by atoms with Crippen molar-refractivity contribution in [3.05, 3.63) is 83.2 Å². The average molecular weight is 415 g/mol. The van der Waals surface area contributed by atoms with Crippen LogP contribution < -0.4 is 14.8 Å². The van der Waals surface area contributed by atoms with Crippen LogP contribution in [0.3, 0.4) is 0 Å². The fraction of sp³-hybridized carbons (Fsp3) is 0.130. The van der Waals surface area contributed by atoms with Gasteiger partial charge in [0.05, 0.1) is 17.7 Å². The molecule has 2 aliphatic heterocycles. The van der Waals surface area contributed by atoms with Crippen molar-refractivity contribution in [1.29, 1.82) is 0 Å². The minimum atomic E-state index is -0.425. The number of nitrogens with zero attached hydrogens (tertiary/aromatic N) is 2. The second-order valence-corrected chi connectivity index (χ2v) is 7.12. The number of imide groups is 1. The number of carbonyl (C=O) groups is 3. The zero-order chi connectivity index (χ0) is 21.4. The molecule has 2 aromatic carbocycles. The van der Waals surface area contributed by atoms with Crippen LogP contribution in [0.4, 0.5) is 5.69 Å². The molecule has 0 radical (unpaired) electrons. The minimum Gasteiger partial charge on any atom is -0.486 e. The fourth-order valence-electron chi connectivity index (χ4n) is 3.57. The number of hydrogen-bond acceptors (Lipinski definition) is 6. The van der Waals surface area contributed by atoms with E-state index in [0.717, 1.165) is 5.56 Å². The lowest BCUT2D eigenvalue weighted by Gasteiger charge is -2.19. The molecule has 1 N–H and O–H groups in total. The number of fused-ring (bicyclic) bond motifs is 2. The highest BCUT2D eigenvalue weighted by atomic mass is 16.6. The van der Waals surface area contributed by atoms with E-state index in [1.54, 1.807) is 42.7 Å². The summed E-state index contributed by atoms with van der Waals surface area (Å²) < 4.78 is 11.0. The second kappa shape index (κ2) is 7.56. The van der Waals surface area contributed by atoms with E-state index in [0.29, 0.717) is 30.4 Å². The van der Waals surface area contributed by atoms with E-state index in [1.807, 2.05) is 0 Å². The molecule has 0 unspecified atom stereocenters. The van der Waals surface area contributed by atoms with Crippen LogP contribution in [0.2, 0.25) is 0 Å². The van der Waals surface area contributed by atoms with Crippen LogP contribution in [0.25, 0.3) is 0 Å². The maximum atomic E-state index is 12.8. The molecule has 0 saturated heterocycles. The van der Waals surface area contributed by atoms with Gasteiger partial charge >= 0.3 is 0 Å². The van der Waals surface area contributed by atoms with Crippen LogP contribution in [0.15, 0.2) is 60.9 Å². The molecule has 8 heteroatoms. The van der Waals surface area contributed by atoms with Gasteiger partial charge in [0.25, 0.3) is 17.7 Å². The lowest BCUT2D eigenvalue weighted by atomic mass is 10.1. The number of pyridine rings is 1. The lowest BCUT2D eigenvalue weighted by Crippen LogP contribution is -2.29. The number of aromatic nitrogens is 1. The summed E-state index contributed by atoms with van der Waals surface area (Å²) in [4.78, 5) is 43.4. The van der Waals surface area contributed by atoms with Crippen molar-refractivity contribution in [1.82, 2.24) is 9.88 Å². The number of carbonyl (C=O) groups excluding carboxylic acids is 3. The number of ether oxygens (including phenoxy) is 2. The minimum absolute atomic E-state index is 0.146. The highest BCUT2D eigenvalue weighted by Crippen LogP contribution is 2.33. The van der Waals surface area contributed by atoms with E-state index < -0.39 is 11.8 Å². The van der Waals surface area contributed by atoms with Crippen LogP contribution in [0.5, 0.6) is 11.5 Å². The lowest BCUT2D eigenvalue weighted by molar-refractivity contribution is 0.0642. The number of nitrogens with one attached hydrogen (secondary N) is 1. The van der Waals surface area contributed by atoms with E-state index >= 15 is 0 Å². The number of amides is 3. The van der Waals surface area contributed by atoms with Crippen molar-refractivity contribution < 1.29 is 23.9 Å².